The third-order valence-electron chi connectivity index (χ3n) is 6.61. The fraction of sp³-hybridized carbons (Fsp3) is 0.448. The van der Waals surface area contributed by atoms with Crippen molar-refractivity contribution in [3.63, 3.8) is 0 Å². The summed E-state index contributed by atoms with van der Waals surface area (Å²) in [5.74, 6) is -3.84. The second-order valence-electron chi connectivity index (χ2n) is 10.9. The highest BCUT2D eigenvalue weighted by atomic mass is 19.1. The van der Waals surface area contributed by atoms with E-state index in [1.807, 2.05) is 0 Å². The van der Waals surface area contributed by atoms with E-state index in [1.54, 1.807) is 20.8 Å². The van der Waals surface area contributed by atoms with Crippen LogP contribution in [0.4, 0.5) is 25.0 Å². The zero-order valence-electron chi connectivity index (χ0n) is 24.0. The van der Waals surface area contributed by atoms with E-state index >= 15 is 0 Å². The Balaban J connectivity index is 1.39. The molecule has 0 spiro atoms. The monoisotopic (exact) mass is 604 g/mol. The van der Waals surface area contributed by atoms with Gasteiger partial charge in [0.2, 0.25) is 0 Å². The number of nitrogens with zero attached hydrogens (tertiary/aromatic N) is 2. The lowest BCUT2D eigenvalue weighted by Crippen LogP contribution is -2.55. The van der Waals surface area contributed by atoms with Gasteiger partial charge in [-0.3, -0.25) is 14.4 Å². The molecule has 4 rings (SSSR count). The Morgan fingerprint density at radius 3 is 2.44 bits per heavy atom. The zero-order chi connectivity index (χ0) is 31.3. The molecular weight excluding hydrogens is 570 g/mol. The first-order valence-corrected chi connectivity index (χ1v) is 13.7. The van der Waals surface area contributed by atoms with Crippen LogP contribution in [0.3, 0.4) is 0 Å². The van der Waals surface area contributed by atoms with Gasteiger partial charge in [0.1, 0.15) is 17.2 Å². The lowest BCUT2D eigenvalue weighted by atomic mass is 10.1. The van der Waals surface area contributed by atoms with Gasteiger partial charge in [0.25, 0.3) is 17.7 Å². The summed E-state index contributed by atoms with van der Waals surface area (Å²) in [5.41, 5.74) is -0.631. The average molecular weight is 605 g/mol. The van der Waals surface area contributed by atoms with Crippen LogP contribution in [-0.2, 0) is 30.3 Å². The van der Waals surface area contributed by atoms with Crippen molar-refractivity contribution in [1.82, 2.24) is 10.2 Å². The van der Waals surface area contributed by atoms with E-state index in [0.717, 1.165) is 12.1 Å². The number of hydrogen-bond acceptors (Lipinski definition) is 8. The van der Waals surface area contributed by atoms with Crippen LogP contribution >= 0.6 is 0 Å². The molecule has 2 aromatic carbocycles. The molecule has 0 radical (unpaired) electrons. The van der Waals surface area contributed by atoms with Gasteiger partial charge in [-0.05, 0) is 51.1 Å². The van der Waals surface area contributed by atoms with Crippen LogP contribution in [0.25, 0.3) is 0 Å². The maximum Gasteiger partial charge on any atom is 0.407 e. The molecule has 4 amide bonds. The summed E-state index contributed by atoms with van der Waals surface area (Å²) in [4.78, 5) is 53.4. The van der Waals surface area contributed by atoms with Gasteiger partial charge in [-0.2, -0.15) is 0 Å². The van der Waals surface area contributed by atoms with E-state index in [4.69, 9.17) is 14.2 Å². The van der Waals surface area contributed by atoms with Crippen LogP contribution in [0.1, 0.15) is 36.7 Å². The van der Waals surface area contributed by atoms with Gasteiger partial charge in [-0.25, -0.2) is 13.6 Å². The Hall–Kier alpha value is -4.14. The summed E-state index contributed by atoms with van der Waals surface area (Å²) < 4.78 is 45.0. The maximum absolute atomic E-state index is 14.6. The van der Waals surface area contributed by atoms with Crippen LogP contribution in [0, 0.1) is 11.6 Å². The smallest absolute Gasteiger partial charge is 0.407 e. The fourth-order valence-electron chi connectivity index (χ4n) is 4.47. The topological polar surface area (TPSA) is 147 Å². The molecule has 2 aliphatic heterocycles. The number of hydrogen-bond donors (Lipinski definition) is 3. The summed E-state index contributed by atoms with van der Waals surface area (Å²) in [7, 11) is 0. The van der Waals surface area contributed by atoms with Gasteiger partial charge < -0.3 is 39.8 Å². The minimum Gasteiger partial charge on any atom is -0.444 e. The molecular formula is C29H34F2N4O8. The quantitative estimate of drug-likeness (QED) is 0.436. The highest BCUT2D eigenvalue weighted by Crippen LogP contribution is 2.25. The van der Waals surface area contributed by atoms with Crippen LogP contribution in [0.2, 0.25) is 0 Å². The number of carbonyl (C=O) groups is 4. The molecule has 0 saturated carbocycles. The predicted molar refractivity (Wildman–Crippen MR) is 149 cm³/mol. The number of halogens is 2. The van der Waals surface area contributed by atoms with E-state index < -0.39 is 53.3 Å². The number of nitrogens with one attached hydrogen (secondary N) is 2. The normalized spacial score (nSPS) is 18.2. The first-order chi connectivity index (χ1) is 20.3. The van der Waals surface area contributed by atoms with Crippen molar-refractivity contribution in [2.24, 2.45) is 0 Å². The second kappa shape index (κ2) is 13.4. The van der Waals surface area contributed by atoms with Crippen molar-refractivity contribution in [2.75, 3.05) is 49.7 Å². The fourth-order valence-corrected chi connectivity index (χ4v) is 4.47. The minimum absolute atomic E-state index is 0.00696. The molecule has 43 heavy (non-hydrogen) atoms. The Morgan fingerprint density at radius 2 is 1.77 bits per heavy atom. The van der Waals surface area contributed by atoms with E-state index in [2.05, 4.69) is 10.6 Å². The maximum atomic E-state index is 14.6. The number of alkyl carbamates (subject to hydrolysis) is 1. The Morgan fingerprint density at radius 1 is 1.05 bits per heavy atom. The number of aliphatic hydroxyl groups is 1. The van der Waals surface area contributed by atoms with Crippen molar-refractivity contribution in [2.45, 2.75) is 45.1 Å². The SMILES string of the molecule is CC(C)(C)OC(=O)NCc1ccc(NC(=O)C(O)C2OCCN(c3ccc(F)c(C(=O)N4CCOCC4)c3)C2=O)cc1F. The Labute approximate surface area is 246 Å². The second-order valence-corrected chi connectivity index (χ2v) is 10.9. The Bertz CT molecular complexity index is 1380. The molecule has 0 bridgehead atoms. The van der Waals surface area contributed by atoms with Gasteiger partial charge in [-0.15, -0.1) is 0 Å². The molecule has 2 unspecified atom stereocenters. The highest BCUT2D eigenvalue weighted by molar-refractivity contribution is 6.04. The molecule has 3 N–H and O–H groups in total. The minimum atomic E-state index is -1.97. The summed E-state index contributed by atoms with van der Waals surface area (Å²) in [6, 6.07) is 7.34. The van der Waals surface area contributed by atoms with Crippen molar-refractivity contribution in [3.05, 3.63) is 59.2 Å². The lowest BCUT2D eigenvalue weighted by molar-refractivity contribution is -0.150. The summed E-state index contributed by atoms with van der Waals surface area (Å²) in [5, 5.41) is 15.5. The van der Waals surface area contributed by atoms with Gasteiger partial charge in [0.05, 0.1) is 25.4 Å². The molecule has 2 aromatic rings. The van der Waals surface area contributed by atoms with Gasteiger partial charge >= 0.3 is 6.09 Å². The molecule has 2 heterocycles. The molecule has 232 valence electrons. The third kappa shape index (κ3) is 8.03. The number of rotatable bonds is 7. The molecule has 0 aliphatic carbocycles. The largest absolute Gasteiger partial charge is 0.444 e. The Kier molecular flexibility index (Phi) is 9.94. The van der Waals surface area contributed by atoms with Crippen molar-refractivity contribution in [1.29, 1.82) is 0 Å². The summed E-state index contributed by atoms with van der Waals surface area (Å²) in [6.07, 6.45) is -4.31. The molecule has 12 nitrogen and oxygen atoms in total. The number of ether oxygens (including phenoxy) is 3. The molecule has 2 fully saturated rings. The average Bonchev–Trinajstić information content (AvgIpc) is 2.96. The predicted octanol–water partition coefficient (Wildman–Crippen LogP) is 2.19. The number of aliphatic hydroxyl groups excluding tert-OH is 1. The van der Waals surface area contributed by atoms with Gasteiger partial charge in [-0.1, -0.05) is 6.07 Å². The summed E-state index contributed by atoms with van der Waals surface area (Å²) >= 11 is 0. The molecule has 2 aliphatic rings. The van der Waals surface area contributed by atoms with Gasteiger partial charge in [0.15, 0.2) is 12.2 Å². The molecule has 2 atom stereocenters. The van der Waals surface area contributed by atoms with Crippen molar-refractivity contribution < 1.29 is 47.3 Å². The standard InChI is InChI=1S/C29H34F2N4O8/c1-29(2,3)43-28(40)32-16-17-4-5-18(14-22(17)31)33-25(37)23(36)24-27(39)35(10-13-42-24)19-6-7-21(30)20(15-19)26(38)34-8-11-41-12-9-34/h4-7,14-15,23-24,36H,8-13,16H2,1-3H3,(H,32,40)(H,33,37). The van der Waals surface area contributed by atoms with E-state index in [-0.39, 0.29) is 42.2 Å². The van der Waals surface area contributed by atoms with E-state index in [1.165, 1.54) is 34.1 Å². The van der Waals surface area contributed by atoms with Gasteiger partial charge in [0, 0.05) is 43.1 Å². The first kappa shape index (κ1) is 31.8. The van der Waals surface area contributed by atoms with E-state index in [0.29, 0.717) is 26.3 Å². The molecule has 0 aromatic heterocycles. The van der Waals surface area contributed by atoms with E-state index in [9.17, 15) is 33.1 Å². The number of morpholine rings is 2. The van der Waals surface area contributed by atoms with Crippen LogP contribution in [0.5, 0.6) is 0 Å². The first-order valence-electron chi connectivity index (χ1n) is 13.7. The molecule has 14 heteroatoms. The summed E-state index contributed by atoms with van der Waals surface area (Å²) in [6.45, 7) is 6.16. The third-order valence-corrected chi connectivity index (χ3v) is 6.61. The number of anilines is 2. The number of benzene rings is 2. The zero-order valence-corrected chi connectivity index (χ0v) is 24.0. The highest BCUT2D eigenvalue weighted by Gasteiger charge is 2.40. The van der Waals surface area contributed by atoms with Crippen molar-refractivity contribution >= 4 is 35.2 Å². The number of carbonyl (C=O) groups excluding carboxylic acids is 4. The number of amides is 4. The van der Waals surface area contributed by atoms with Crippen LogP contribution < -0.4 is 15.5 Å². The van der Waals surface area contributed by atoms with Crippen molar-refractivity contribution in [3.8, 4) is 0 Å². The molecule has 2 saturated heterocycles. The van der Waals surface area contributed by atoms with Crippen LogP contribution in [-0.4, -0.2) is 91.1 Å². The lowest BCUT2D eigenvalue weighted by Gasteiger charge is -2.34. The van der Waals surface area contributed by atoms with Crippen LogP contribution in [0.15, 0.2) is 36.4 Å².